The van der Waals surface area contributed by atoms with Gasteiger partial charge in [0.05, 0.1) is 24.9 Å². The van der Waals surface area contributed by atoms with Crippen LogP contribution in [0.5, 0.6) is 0 Å². The lowest BCUT2D eigenvalue weighted by Gasteiger charge is -2.71. The number of rotatable bonds is 2. The Kier molecular flexibility index (Phi) is 6.88. The summed E-state index contributed by atoms with van der Waals surface area (Å²) in [5, 5.41) is 0. The summed E-state index contributed by atoms with van der Waals surface area (Å²) in [6, 6.07) is 3.86. The average Bonchev–Trinajstić information content (AvgIpc) is 3.49. The van der Waals surface area contributed by atoms with E-state index in [-0.39, 0.29) is 27.1 Å². The van der Waals surface area contributed by atoms with Gasteiger partial charge in [-0.2, -0.15) is 0 Å². The maximum absolute atomic E-state index is 14.6. The van der Waals surface area contributed by atoms with Crippen molar-refractivity contribution in [2.75, 3.05) is 26.3 Å². The number of fused-ring (bicyclic) bond motifs is 7. The van der Waals surface area contributed by atoms with Gasteiger partial charge < -0.3 is 14.1 Å². The predicted octanol–water partition coefficient (Wildman–Crippen LogP) is 8.50. The van der Waals surface area contributed by atoms with E-state index in [1.165, 1.54) is 0 Å². The van der Waals surface area contributed by atoms with Crippen LogP contribution in [-0.2, 0) is 14.3 Å². The van der Waals surface area contributed by atoms with Crippen LogP contribution in [0.1, 0.15) is 112 Å². The molecule has 1 amide bonds. The minimum absolute atomic E-state index is 0.0118. The molecule has 1 saturated heterocycles. The molecule has 1 aromatic heterocycles. The third kappa shape index (κ3) is 4.12. The summed E-state index contributed by atoms with van der Waals surface area (Å²) in [6.07, 6.45) is 15.8. The number of nitrogens with zero attached hydrogens (tertiary/aromatic N) is 1. The first kappa shape index (κ1) is 30.5. The molecule has 1 aromatic rings. The van der Waals surface area contributed by atoms with Crippen molar-refractivity contribution in [3.05, 3.63) is 41.4 Å². The predicted molar refractivity (Wildman–Crippen MR) is 174 cm³/mol. The Morgan fingerprint density at radius 2 is 1.68 bits per heavy atom. The van der Waals surface area contributed by atoms with Crippen molar-refractivity contribution in [1.82, 2.24) is 4.90 Å². The standard InChI is InChI=1S/C39H55NO4/c1-34(2)14-16-39(33(42)40-18-21-43-22-19-40)17-15-37(6)28(29(39)25-34)10-11-31-36(5)24-26(23-27-9-8-20-44-27)32(41)35(3,4)30(36)12-13-38(31,37)7/h8-10,20,23,29-31H,11-19,21-22,24-25H2,1-7H3/b26-23-/t29-,30-,31+,36-,37+,38+,39-/m0/s1. The van der Waals surface area contributed by atoms with E-state index in [9.17, 15) is 9.59 Å². The molecule has 7 atom stereocenters. The lowest BCUT2D eigenvalue weighted by Crippen LogP contribution is -2.65. The number of allylic oxidation sites excluding steroid dienone is 3. The second-order valence-electron chi connectivity index (χ2n) is 17.7. The number of carbonyl (C=O) groups is 2. The topological polar surface area (TPSA) is 59.8 Å². The minimum atomic E-state index is -0.405. The summed E-state index contributed by atoms with van der Waals surface area (Å²) in [5.74, 6) is 2.62. The van der Waals surface area contributed by atoms with E-state index in [2.05, 4.69) is 59.4 Å². The van der Waals surface area contributed by atoms with Crippen LogP contribution in [0.4, 0.5) is 0 Å². The van der Waals surface area contributed by atoms with Gasteiger partial charge in [-0.1, -0.05) is 60.1 Å². The molecule has 5 aliphatic carbocycles. The molecule has 4 saturated carbocycles. The van der Waals surface area contributed by atoms with Crippen LogP contribution >= 0.6 is 0 Å². The van der Waals surface area contributed by atoms with Crippen LogP contribution in [0.2, 0.25) is 0 Å². The smallest absolute Gasteiger partial charge is 0.229 e. The highest BCUT2D eigenvalue weighted by Crippen LogP contribution is 2.76. The fraction of sp³-hybridized carbons (Fsp3) is 0.744. The van der Waals surface area contributed by atoms with E-state index in [1.54, 1.807) is 11.8 Å². The zero-order valence-corrected chi connectivity index (χ0v) is 28.4. The summed E-state index contributed by atoms with van der Waals surface area (Å²) in [5.41, 5.74) is 2.27. The first-order valence-corrected chi connectivity index (χ1v) is 17.5. The van der Waals surface area contributed by atoms with Gasteiger partial charge in [-0.05, 0) is 121 Å². The van der Waals surface area contributed by atoms with Gasteiger partial charge in [0.2, 0.25) is 5.91 Å². The summed E-state index contributed by atoms with van der Waals surface area (Å²) in [6.45, 7) is 19.8. The summed E-state index contributed by atoms with van der Waals surface area (Å²) in [4.78, 5) is 30.7. The molecule has 0 N–H and O–H groups in total. The van der Waals surface area contributed by atoms with Crippen molar-refractivity contribution in [3.63, 3.8) is 0 Å². The van der Waals surface area contributed by atoms with Crippen LogP contribution < -0.4 is 0 Å². The lowest BCUT2D eigenvalue weighted by atomic mass is 9.33. The number of ketones is 1. The Labute approximate surface area is 265 Å². The van der Waals surface area contributed by atoms with Gasteiger partial charge in [0, 0.05) is 18.5 Å². The molecule has 5 nitrogen and oxygen atoms in total. The maximum Gasteiger partial charge on any atom is 0.229 e. The summed E-state index contributed by atoms with van der Waals surface area (Å²) >= 11 is 0. The molecule has 6 aliphatic rings. The summed E-state index contributed by atoms with van der Waals surface area (Å²) in [7, 11) is 0. The number of hydrogen-bond donors (Lipinski definition) is 0. The molecule has 7 rings (SSSR count). The molecule has 0 radical (unpaired) electrons. The Morgan fingerprint density at radius 3 is 2.39 bits per heavy atom. The molecule has 0 unspecified atom stereocenters. The van der Waals surface area contributed by atoms with Gasteiger partial charge in [0.15, 0.2) is 5.78 Å². The first-order chi connectivity index (χ1) is 20.7. The molecule has 0 aromatic carbocycles. The molecule has 1 aliphatic heterocycles. The quantitative estimate of drug-likeness (QED) is 0.252. The second-order valence-corrected chi connectivity index (χ2v) is 17.7. The van der Waals surface area contributed by atoms with Crippen molar-refractivity contribution in [2.45, 2.75) is 106 Å². The van der Waals surface area contributed by atoms with Gasteiger partial charge in [-0.25, -0.2) is 0 Å². The number of Topliss-reactive ketones (excluding diaryl/α,β-unsaturated/α-hetero) is 1. The number of morpholine rings is 1. The van der Waals surface area contributed by atoms with Crippen LogP contribution in [0, 0.1) is 50.2 Å². The molecule has 0 spiro atoms. The van der Waals surface area contributed by atoms with Gasteiger partial charge in [-0.3, -0.25) is 9.59 Å². The fourth-order valence-corrected chi connectivity index (χ4v) is 12.2. The van der Waals surface area contributed by atoms with Crippen LogP contribution in [0.25, 0.3) is 6.08 Å². The average molecular weight is 602 g/mol. The third-order valence-corrected chi connectivity index (χ3v) is 14.8. The SMILES string of the molecule is CC1(C)CC[C@]2(C(=O)N3CCOCC3)CC[C@]3(C)C(=CC[C@@H]4[C@@]5(C)C/C(=C/c6ccco6)C(=O)C(C)(C)[C@@H]5CC[C@]43C)[C@@H]2C1. The van der Waals surface area contributed by atoms with Crippen molar-refractivity contribution in [2.24, 2.45) is 50.2 Å². The molecule has 44 heavy (non-hydrogen) atoms. The molecular formula is C39H55NO4. The van der Waals surface area contributed by atoms with E-state index in [0.29, 0.717) is 42.7 Å². The van der Waals surface area contributed by atoms with Crippen LogP contribution in [0.15, 0.2) is 40.0 Å². The van der Waals surface area contributed by atoms with Gasteiger partial charge >= 0.3 is 0 Å². The second kappa shape index (κ2) is 9.93. The molecule has 0 bridgehead atoms. The molecule has 5 fully saturated rings. The van der Waals surface area contributed by atoms with Gasteiger partial charge in [0.25, 0.3) is 0 Å². The number of furan rings is 1. The number of amides is 1. The minimum Gasteiger partial charge on any atom is -0.465 e. The Morgan fingerprint density at radius 1 is 0.955 bits per heavy atom. The highest BCUT2D eigenvalue weighted by molar-refractivity contribution is 6.04. The zero-order valence-electron chi connectivity index (χ0n) is 28.4. The highest BCUT2D eigenvalue weighted by Gasteiger charge is 2.69. The van der Waals surface area contributed by atoms with Crippen LogP contribution in [-0.4, -0.2) is 42.9 Å². The number of hydrogen-bond acceptors (Lipinski definition) is 4. The summed E-state index contributed by atoms with van der Waals surface area (Å²) < 4.78 is 11.4. The molecule has 2 heterocycles. The zero-order chi connectivity index (χ0) is 31.3. The van der Waals surface area contributed by atoms with Crippen LogP contribution in [0.3, 0.4) is 0 Å². The molecule has 5 heteroatoms. The fourth-order valence-electron chi connectivity index (χ4n) is 12.2. The Hall–Kier alpha value is -2.14. The van der Waals surface area contributed by atoms with E-state index in [4.69, 9.17) is 9.15 Å². The van der Waals surface area contributed by atoms with Crippen molar-refractivity contribution in [1.29, 1.82) is 0 Å². The number of carbonyl (C=O) groups excluding carboxylic acids is 2. The van der Waals surface area contributed by atoms with Crippen molar-refractivity contribution in [3.8, 4) is 0 Å². The van der Waals surface area contributed by atoms with E-state index in [0.717, 1.165) is 82.2 Å². The Balaban J connectivity index is 1.30. The largest absolute Gasteiger partial charge is 0.465 e. The molecular weight excluding hydrogens is 546 g/mol. The monoisotopic (exact) mass is 601 g/mol. The van der Waals surface area contributed by atoms with E-state index >= 15 is 0 Å². The first-order valence-electron chi connectivity index (χ1n) is 17.5. The Bertz CT molecular complexity index is 1390. The third-order valence-electron chi connectivity index (χ3n) is 14.8. The normalized spacial score (nSPS) is 43.8. The van der Waals surface area contributed by atoms with Crippen molar-refractivity contribution < 1.29 is 18.7 Å². The molecule has 240 valence electrons. The lowest BCUT2D eigenvalue weighted by molar-refractivity contribution is -0.183. The van der Waals surface area contributed by atoms with E-state index < -0.39 is 5.41 Å². The van der Waals surface area contributed by atoms with Gasteiger partial charge in [-0.15, -0.1) is 0 Å². The maximum atomic E-state index is 14.6. The highest BCUT2D eigenvalue weighted by atomic mass is 16.5. The van der Waals surface area contributed by atoms with Gasteiger partial charge in [0.1, 0.15) is 5.76 Å². The van der Waals surface area contributed by atoms with E-state index in [1.807, 2.05) is 18.2 Å². The van der Waals surface area contributed by atoms with Crippen molar-refractivity contribution >= 4 is 17.8 Å². The number of ether oxygens (including phenoxy) is 1.